The lowest BCUT2D eigenvalue weighted by Gasteiger charge is -2.26. The second-order valence-electron chi connectivity index (χ2n) is 6.68. The molecule has 1 unspecified atom stereocenters. The van der Waals surface area contributed by atoms with E-state index in [2.05, 4.69) is 15.8 Å². The summed E-state index contributed by atoms with van der Waals surface area (Å²) in [6.45, 7) is 3.34. The van der Waals surface area contributed by atoms with Gasteiger partial charge in [-0.1, -0.05) is 23.1 Å². The Balaban J connectivity index is 1.68. The van der Waals surface area contributed by atoms with E-state index >= 15 is 0 Å². The Kier molecular flexibility index (Phi) is 4.94. The molecule has 0 bridgehead atoms. The van der Waals surface area contributed by atoms with E-state index in [9.17, 15) is 9.70 Å². The molecule has 8 heteroatoms. The summed E-state index contributed by atoms with van der Waals surface area (Å²) >= 11 is 5.86. The predicted molar refractivity (Wildman–Crippen MR) is 93.5 cm³/mol. The fourth-order valence-corrected chi connectivity index (χ4v) is 3.62. The summed E-state index contributed by atoms with van der Waals surface area (Å²) in [4.78, 5) is 23.3. The van der Waals surface area contributed by atoms with Crippen LogP contribution < -0.4 is 16.1 Å². The van der Waals surface area contributed by atoms with Crippen molar-refractivity contribution in [3.05, 3.63) is 27.6 Å². The van der Waals surface area contributed by atoms with Crippen molar-refractivity contribution in [2.75, 3.05) is 13.1 Å². The largest absolute Gasteiger partial charge is 0.369 e. The second-order valence-corrected chi connectivity index (χ2v) is 7.09. The fourth-order valence-electron chi connectivity index (χ4n) is 3.46. The van der Waals surface area contributed by atoms with Gasteiger partial charge in [0.15, 0.2) is 0 Å². The van der Waals surface area contributed by atoms with Crippen LogP contribution >= 0.6 is 11.6 Å². The molecular weight excluding hydrogens is 328 g/mol. The van der Waals surface area contributed by atoms with Gasteiger partial charge < -0.3 is 15.4 Å². The number of amides is 1. The number of ether oxygens (including phenoxy) is 1. The Bertz CT molecular complexity index is 656. The average molecular weight is 348 g/mol. The third-order valence-electron chi connectivity index (χ3n) is 4.69. The molecular formula is C16H19BClN3O3. The molecule has 3 rings (SSSR count). The highest BCUT2D eigenvalue weighted by molar-refractivity contribution is 6.45. The quantitative estimate of drug-likeness (QED) is 0.640. The van der Waals surface area contributed by atoms with Crippen molar-refractivity contribution in [3.63, 3.8) is 0 Å². The maximum Gasteiger partial charge on any atom is 0.253 e. The third kappa shape index (κ3) is 3.48. The molecule has 3 atom stereocenters. The van der Waals surface area contributed by atoms with Gasteiger partial charge in [0.2, 0.25) is 0 Å². The molecule has 2 N–H and O–H groups in total. The van der Waals surface area contributed by atoms with E-state index in [4.69, 9.17) is 24.2 Å². The molecule has 1 aromatic rings. The first kappa shape index (κ1) is 17.4. The molecule has 2 heterocycles. The van der Waals surface area contributed by atoms with Crippen LogP contribution in [0.25, 0.3) is 0 Å². The van der Waals surface area contributed by atoms with Crippen molar-refractivity contribution >= 4 is 36.5 Å². The maximum absolute atomic E-state index is 12.4. The highest BCUT2D eigenvalue weighted by Gasteiger charge is 2.44. The number of carbonyl (C=O) groups excluding carboxylic acids is 1. The van der Waals surface area contributed by atoms with Crippen LogP contribution in [0.5, 0.6) is 0 Å². The van der Waals surface area contributed by atoms with Gasteiger partial charge in [0, 0.05) is 17.6 Å². The van der Waals surface area contributed by atoms with Gasteiger partial charge in [-0.25, -0.2) is 0 Å². The van der Waals surface area contributed by atoms with Gasteiger partial charge in [-0.05, 0) is 44.0 Å². The topological polar surface area (TPSA) is 79.8 Å². The standard InChI is InChI=1S/C16H19BClN3O3/c1-16(7-13-14(24-16)3-2-4-19-13)8-20-15(22)9-5-10(17)11(18)6-12(9)21-23/h5-6,13-14,19H,2-4,7-8H2,1H3,(H,20,22)/t13-,14-,16?/m0/s1. The summed E-state index contributed by atoms with van der Waals surface area (Å²) in [6, 6.07) is 3.00. The number of fused-ring (bicyclic) bond motifs is 1. The molecule has 0 aliphatic carbocycles. The zero-order valence-electron chi connectivity index (χ0n) is 13.5. The highest BCUT2D eigenvalue weighted by atomic mass is 35.5. The smallest absolute Gasteiger partial charge is 0.253 e. The number of rotatable bonds is 4. The van der Waals surface area contributed by atoms with Crippen molar-refractivity contribution in [1.29, 1.82) is 0 Å². The molecule has 2 aliphatic rings. The van der Waals surface area contributed by atoms with Crippen LogP contribution in [0, 0.1) is 4.91 Å². The lowest BCUT2D eigenvalue weighted by molar-refractivity contribution is -0.0357. The van der Waals surface area contributed by atoms with E-state index in [1.807, 2.05) is 6.92 Å². The Labute approximate surface area is 147 Å². The molecule has 2 radical (unpaired) electrons. The second kappa shape index (κ2) is 6.82. The van der Waals surface area contributed by atoms with Crippen molar-refractivity contribution in [3.8, 4) is 0 Å². The summed E-state index contributed by atoms with van der Waals surface area (Å²) in [5.74, 6) is -0.416. The normalized spacial score (nSPS) is 29.1. The van der Waals surface area contributed by atoms with E-state index in [1.54, 1.807) is 0 Å². The Morgan fingerprint density at radius 3 is 3.08 bits per heavy atom. The third-order valence-corrected chi connectivity index (χ3v) is 5.02. The molecule has 0 saturated carbocycles. The van der Waals surface area contributed by atoms with Crippen molar-refractivity contribution in [2.45, 2.75) is 43.9 Å². The molecule has 0 spiro atoms. The summed E-state index contributed by atoms with van der Waals surface area (Å²) in [5, 5.41) is 9.34. The van der Waals surface area contributed by atoms with Crippen molar-refractivity contribution < 1.29 is 9.53 Å². The van der Waals surface area contributed by atoms with Crippen LogP contribution in [-0.4, -0.2) is 44.6 Å². The molecule has 2 fully saturated rings. The average Bonchev–Trinajstić information content (AvgIpc) is 2.91. The lowest BCUT2D eigenvalue weighted by atomic mass is 9.92. The van der Waals surface area contributed by atoms with Crippen LogP contribution in [-0.2, 0) is 4.74 Å². The van der Waals surface area contributed by atoms with E-state index in [1.165, 1.54) is 12.1 Å². The number of benzene rings is 1. The molecule has 2 saturated heterocycles. The first-order valence-corrected chi connectivity index (χ1v) is 8.41. The van der Waals surface area contributed by atoms with Crippen LogP contribution in [0.15, 0.2) is 17.3 Å². The number of halogens is 1. The van der Waals surface area contributed by atoms with E-state index in [0.29, 0.717) is 12.6 Å². The molecule has 2 aliphatic heterocycles. The Morgan fingerprint density at radius 1 is 1.58 bits per heavy atom. The van der Waals surface area contributed by atoms with Gasteiger partial charge in [0.05, 0.1) is 17.3 Å². The first-order chi connectivity index (χ1) is 11.4. The van der Waals surface area contributed by atoms with E-state index in [-0.39, 0.29) is 27.8 Å². The minimum Gasteiger partial charge on any atom is -0.369 e. The summed E-state index contributed by atoms with van der Waals surface area (Å²) < 4.78 is 6.13. The lowest BCUT2D eigenvalue weighted by Crippen LogP contribution is -2.42. The van der Waals surface area contributed by atoms with Gasteiger partial charge in [0.25, 0.3) is 5.91 Å². The molecule has 6 nitrogen and oxygen atoms in total. The van der Waals surface area contributed by atoms with Crippen LogP contribution in [0.3, 0.4) is 0 Å². The monoisotopic (exact) mass is 347 g/mol. The fraction of sp³-hybridized carbons (Fsp3) is 0.562. The molecule has 0 aromatic heterocycles. The molecule has 1 aromatic carbocycles. The van der Waals surface area contributed by atoms with E-state index < -0.39 is 11.5 Å². The maximum atomic E-state index is 12.4. The molecule has 1 amide bonds. The van der Waals surface area contributed by atoms with Crippen LogP contribution in [0.4, 0.5) is 5.69 Å². The zero-order valence-corrected chi connectivity index (χ0v) is 14.2. The van der Waals surface area contributed by atoms with Crippen molar-refractivity contribution in [2.24, 2.45) is 5.18 Å². The number of nitroso groups, excluding NO2 is 1. The highest BCUT2D eigenvalue weighted by Crippen LogP contribution is 2.34. The van der Waals surface area contributed by atoms with Crippen LogP contribution in [0.2, 0.25) is 5.02 Å². The predicted octanol–water partition coefficient (Wildman–Crippen LogP) is 1.56. The number of nitrogens with one attached hydrogen (secondary N) is 2. The number of piperidine rings is 1. The molecule has 24 heavy (non-hydrogen) atoms. The number of hydrogen-bond donors (Lipinski definition) is 2. The molecule has 126 valence electrons. The Hall–Kier alpha value is -1.44. The van der Waals surface area contributed by atoms with Gasteiger partial charge in [-0.3, -0.25) is 4.79 Å². The van der Waals surface area contributed by atoms with Gasteiger partial charge in [-0.15, -0.1) is 4.91 Å². The number of carbonyl (C=O) groups is 1. The summed E-state index contributed by atoms with van der Waals surface area (Å²) in [7, 11) is 5.72. The zero-order chi connectivity index (χ0) is 17.3. The first-order valence-electron chi connectivity index (χ1n) is 8.04. The van der Waals surface area contributed by atoms with Crippen molar-refractivity contribution in [1.82, 2.24) is 10.6 Å². The Morgan fingerprint density at radius 2 is 2.38 bits per heavy atom. The SMILES string of the molecule is [B]c1cc(C(=O)NCC2(C)C[C@@H]3NCCC[C@@H]3O2)c(N=O)cc1Cl. The van der Waals surface area contributed by atoms with Gasteiger partial charge >= 0.3 is 0 Å². The van der Waals surface area contributed by atoms with Gasteiger partial charge in [-0.2, -0.15) is 0 Å². The summed E-state index contributed by atoms with van der Waals surface area (Å²) in [5.41, 5.74) is -0.119. The number of nitrogens with zero attached hydrogens (tertiary/aromatic N) is 1. The van der Waals surface area contributed by atoms with E-state index in [0.717, 1.165) is 25.8 Å². The van der Waals surface area contributed by atoms with Gasteiger partial charge in [0.1, 0.15) is 13.5 Å². The summed E-state index contributed by atoms with van der Waals surface area (Å²) in [6.07, 6.45) is 3.16. The minimum absolute atomic E-state index is 0.0282. The minimum atomic E-state index is -0.435. The number of hydrogen-bond acceptors (Lipinski definition) is 5. The van der Waals surface area contributed by atoms with Crippen LogP contribution in [0.1, 0.15) is 36.5 Å².